The van der Waals surface area contributed by atoms with Crippen LogP contribution < -0.4 is 10.6 Å². The van der Waals surface area contributed by atoms with Gasteiger partial charge in [0.25, 0.3) is 0 Å². The second-order valence-electron chi connectivity index (χ2n) is 8.14. The summed E-state index contributed by atoms with van der Waals surface area (Å²) in [5.74, 6) is 0.731. The molecule has 2 fully saturated rings. The van der Waals surface area contributed by atoms with Crippen LogP contribution in [0.3, 0.4) is 0 Å². The average molecular weight is 565 g/mol. The lowest BCUT2D eigenvalue weighted by atomic mass is 9.80. The summed E-state index contributed by atoms with van der Waals surface area (Å²) in [5, 5.41) is 6.49. The number of guanidine groups is 1. The fourth-order valence-electron chi connectivity index (χ4n) is 4.44. The molecule has 1 saturated heterocycles. The van der Waals surface area contributed by atoms with Crippen LogP contribution in [0.25, 0.3) is 0 Å². The van der Waals surface area contributed by atoms with Crippen molar-refractivity contribution in [3.05, 3.63) is 30.3 Å². The molecule has 176 valence electrons. The maximum absolute atomic E-state index is 12.5. The number of halogens is 1. The van der Waals surface area contributed by atoms with E-state index >= 15 is 0 Å². The number of hydrogen-bond acceptors (Lipinski definition) is 5. The Morgan fingerprint density at radius 3 is 2.42 bits per heavy atom. The van der Waals surface area contributed by atoms with Crippen LogP contribution in [0, 0.1) is 0 Å². The molecule has 1 aliphatic heterocycles. The van der Waals surface area contributed by atoms with E-state index in [1.165, 1.54) is 19.3 Å². The van der Waals surface area contributed by atoms with Crippen molar-refractivity contribution in [3.63, 3.8) is 0 Å². The number of sulfone groups is 1. The van der Waals surface area contributed by atoms with Crippen molar-refractivity contribution in [3.8, 4) is 0 Å². The molecule has 2 aliphatic rings. The number of ether oxygens (including phenoxy) is 1. The van der Waals surface area contributed by atoms with Crippen molar-refractivity contribution < 1.29 is 13.2 Å². The quantitative estimate of drug-likeness (QED) is 0.287. The highest BCUT2D eigenvalue weighted by Crippen LogP contribution is 2.34. The lowest BCUT2D eigenvalue weighted by Gasteiger charge is -2.47. The lowest BCUT2D eigenvalue weighted by molar-refractivity contribution is -0.0333. The molecule has 1 heterocycles. The Bertz CT molecular complexity index is 777. The second kappa shape index (κ2) is 13.0. The summed E-state index contributed by atoms with van der Waals surface area (Å²) in [5.41, 5.74) is 0.0977. The zero-order chi connectivity index (χ0) is 21.3. The normalized spacial score (nSPS) is 20.0. The molecule has 3 rings (SSSR count). The van der Waals surface area contributed by atoms with Crippen LogP contribution in [0.1, 0.15) is 39.0 Å². The van der Waals surface area contributed by atoms with Gasteiger partial charge in [-0.05, 0) is 31.9 Å². The van der Waals surface area contributed by atoms with Gasteiger partial charge in [-0.1, -0.05) is 37.5 Å². The van der Waals surface area contributed by atoms with Crippen LogP contribution in [-0.4, -0.2) is 76.5 Å². The Labute approximate surface area is 204 Å². The van der Waals surface area contributed by atoms with E-state index in [0.29, 0.717) is 17.4 Å². The number of rotatable bonds is 8. The highest BCUT2D eigenvalue weighted by Gasteiger charge is 2.38. The lowest BCUT2D eigenvalue weighted by Crippen LogP contribution is -2.56. The zero-order valence-corrected chi connectivity index (χ0v) is 21.7. The van der Waals surface area contributed by atoms with Gasteiger partial charge in [-0.3, -0.25) is 9.89 Å². The molecule has 9 heteroatoms. The topological polar surface area (TPSA) is 83.0 Å². The Hall–Kier alpha value is -0.910. The van der Waals surface area contributed by atoms with Crippen LogP contribution in [0.4, 0.5) is 0 Å². The van der Waals surface area contributed by atoms with E-state index in [-0.39, 0.29) is 35.3 Å². The van der Waals surface area contributed by atoms with Gasteiger partial charge in [0.1, 0.15) is 0 Å². The molecule has 0 bridgehead atoms. The van der Waals surface area contributed by atoms with Gasteiger partial charge in [0.2, 0.25) is 0 Å². The van der Waals surface area contributed by atoms with Gasteiger partial charge in [-0.2, -0.15) is 0 Å². The van der Waals surface area contributed by atoms with E-state index < -0.39 is 9.84 Å². The van der Waals surface area contributed by atoms with Crippen LogP contribution in [0.2, 0.25) is 0 Å². The Morgan fingerprint density at radius 2 is 1.77 bits per heavy atom. The summed E-state index contributed by atoms with van der Waals surface area (Å²) in [6, 6.07) is 8.61. The second-order valence-corrected chi connectivity index (χ2v) is 10.2. The van der Waals surface area contributed by atoms with Gasteiger partial charge in [0.05, 0.1) is 30.4 Å². The van der Waals surface area contributed by atoms with Gasteiger partial charge in [-0.15, -0.1) is 24.0 Å². The maximum Gasteiger partial charge on any atom is 0.191 e. The molecule has 31 heavy (non-hydrogen) atoms. The predicted octanol–water partition coefficient (Wildman–Crippen LogP) is 2.67. The summed E-state index contributed by atoms with van der Waals surface area (Å²) < 4.78 is 30.6. The first-order valence-corrected chi connectivity index (χ1v) is 12.8. The number of benzene rings is 1. The highest BCUT2D eigenvalue weighted by molar-refractivity contribution is 14.0. The summed E-state index contributed by atoms with van der Waals surface area (Å²) in [4.78, 5) is 7.83. The Balaban J connectivity index is 0.00000341. The first-order valence-electron chi connectivity index (χ1n) is 11.2. The zero-order valence-electron chi connectivity index (χ0n) is 18.5. The fourth-order valence-corrected chi connectivity index (χ4v) is 5.62. The van der Waals surface area contributed by atoms with E-state index in [9.17, 15) is 8.42 Å². The predicted molar refractivity (Wildman–Crippen MR) is 136 cm³/mol. The van der Waals surface area contributed by atoms with E-state index in [2.05, 4.69) is 15.5 Å². The van der Waals surface area contributed by atoms with Gasteiger partial charge in [0.15, 0.2) is 15.8 Å². The summed E-state index contributed by atoms with van der Waals surface area (Å²) in [7, 11) is -3.30. The van der Waals surface area contributed by atoms with Crippen LogP contribution in [0.5, 0.6) is 0 Å². The summed E-state index contributed by atoms with van der Waals surface area (Å²) in [6.07, 6.45) is 6.11. The molecule has 0 spiro atoms. The Morgan fingerprint density at radius 1 is 1.10 bits per heavy atom. The number of nitrogens with one attached hydrogen (secondary N) is 2. The minimum absolute atomic E-state index is 0. The minimum atomic E-state index is -3.30. The molecule has 0 unspecified atom stereocenters. The SMILES string of the molecule is CCNC(=NCC1(N2CCOCC2)CCCCC1)NCCS(=O)(=O)c1ccccc1.I. The van der Waals surface area contributed by atoms with Gasteiger partial charge in [0, 0.05) is 31.7 Å². The van der Waals surface area contributed by atoms with Crippen molar-refractivity contribution in [1.82, 2.24) is 15.5 Å². The number of aliphatic imine (C=N–C) groups is 1. The smallest absolute Gasteiger partial charge is 0.191 e. The van der Waals surface area contributed by atoms with Crippen molar-refractivity contribution >= 4 is 39.8 Å². The van der Waals surface area contributed by atoms with Crippen molar-refractivity contribution in [1.29, 1.82) is 0 Å². The molecule has 2 N–H and O–H groups in total. The Kier molecular flexibility index (Phi) is 11.0. The van der Waals surface area contributed by atoms with Gasteiger partial charge < -0.3 is 15.4 Å². The third kappa shape index (κ3) is 7.57. The molecular weight excluding hydrogens is 527 g/mol. The molecule has 0 radical (unpaired) electrons. The molecule has 7 nitrogen and oxygen atoms in total. The van der Waals surface area contributed by atoms with E-state index in [0.717, 1.165) is 52.2 Å². The van der Waals surface area contributed by atoms with Crippen molar-refractivity contribution in [2.24, 2.45) is 4.99 Å². The molecule has 1 aromatic carbocycles. The van der Waals surface area contributed by atoms with Gasteiger partial charge in [-0.25, -0.2) is 8.42 Å². The molecule has 0 aromatic heterocycles. The largest absolute Gasteiger partial charge is 0.379 e. The van der Waals surface area contributed by atoms with E-state index in [1.807, 2.05) is 13.0 Å². The highest BCUT2D eigenvalue weighted by atomic mass is 127. The summed E-state index contributed by atoms with van der Waals surface area (Å²) in [6.45, 7) is 7.34. The van der Waals surface area contributed by atoms with Crippen molar-refractivity contribution in [2.75, 3.05) is 51.7 Å². The maximum atomic E-state index is 12.5. The monoisotopic (exact) mass is 564 g/mol. The third-order valence-corrected chi connectivity index (χ3v) is 7.84. The number of nitrogens with zero attached hydrogens (tertiary/aromatic N) is 2. The molecule has 1 saturated carbocycles. The molecule has 0 amide bonds. The molecule has 1 aliphatic carbocycles. The van der Waals surface area contributed by atoms with E-state index in [4.69, 9.17) is 9.73 Å². The van der Waals surface area contributed by atoms with E-state index in [1.54, 1.807) is 24.3 Å². The van der Waals surface area contributed by atoms with Crippen LogP contribution in [0.15, 0.2) is 40.2 Å². The van der Waals surface area contributed by atoms with Gasteiger partial charge >= 0.3 is 0 Å². The summed E-state index contributed by atoms with van der Waals surface area (Å²) >= 11 is 0. The molecule has 1 aromatic rings. The fraction of sp³-hybridized carbons (Fsp3) is 0.682. The minimum Gasteiger partial charge on any atom is -0.379 e. The third-order valence-electron chi connectivity index (χ3n) is 6.11. The number of hydrogen-bond donors (Lipinski definition) is 2. The van der Waals surface area contributed by atoms with Crippen LogP contribution >= 0.6 is 24.0 Å². The average Bonchev–Trinajstić information content (AvgIpc) is 2.79. The van der Waals surface area contributed by atoms with Crippen LogP contribution in [-0.2, 0) is 14.6 Å². The van der Waals surface area contributed by atoms with Crippen molar-refractivity contribution in [2.45, 2.75) is 49.5 Å². The number of morpholine rings is 1. The first-order chi connectivity index (χ1) is 14.6. The first kappa shape index (κ1) is 26.3. The molecule has 0 atom stereocenters. The standard InChI is InChI=1S/C22H36N4O3S.HI/c1-2-23-21(24-13-18-30(27,28)20-9-5-3-6-10-20)25-19-22(11-7-4-8-12-22)26-14-16-29-17-15-26;/h3,5-6,9-10H,2,4,7-8,11-19H2,1H3,(H2,23,24,25);1H. The molecular formula is C22H37IN4O3S.